The molecule has 1 aliphatic rings. The summed E-state index contributed by atoms with van der Waals surface area (Å²) in [6.07, 6.45) is 1.81. The Morgan fingerprint density at radius 1 is 1.03 bits per heavy atom. The molecule has 32 heavy (non-hydrogen) atoms. The second-order valence-electron chi connectivity index (χ2n) is 7.84. The highest BCUT2D eigenvalue weighted by atomic mass is 32.2. The van der Waals surface area contributed by atoms with Crippen LogP contribution in [0.1, 0.15) is 27.9 Å². The molecular weight excluding hydrogens is 424 g/mol. The van der Waals surface area contributed by atoms with E-state index in [-0.39, 0.29) is 10.8 Å². The van der Waals surface area contributed by atoms with Gasteiger partial charge in [0.2, 0.25) is 0 Å². The van der Waals surface area contributed by atoms with E-state index in [1.165, 1.54) is 23.5 Å². The highest BCUT2D eigenvalue weighted by molar-refractivity contribution is 7.92. The smallest absolute Gasteiger partial charge is 0.264 e. The van der Waals surface area contributed by atoms with E-state index in [2.05, 4.69) is 0 Å². The van der Waals surface area contributed by atoms with Gasteiger partial charge < -0.3 is 9.64 Å². The Hall–Kier alpha value is -3.32. The number of carbonyl (C=O) groups is 1. The molecule has 3 aromatic carbocycles. The molecular formula is C25H26N2O4S. The number of ether oxygens (including phenoxy) is 1. The first-order valence-corrected chi connectivity index (χ1v) is 11.9. The number of aryl methyl sites for hydroxylation is 2. The predicted octanol–water partition coefficient (Wildman–Crippen LogP) is 4.42. The van der Waals surface area contributed by atoms with Crippen molar-refractivity contribution < 1.29 is 17.9 Å². The minimum atomic E-state index is -3.85. The molecule has 0 aromatic heterocycles. The van der Waals surface area contributed by atoms with Crippen LogP contribution < -0.4 is 13.9 Å². The van der Waals surface area contributed by atoms with E-state index in [9.17, 15) is 13.2 Å². The topological polar surface area (TPSA) is 66.9 Å². The van der Waals surface area contributed by atoms with Crippen LogP contribution in [0, 0.1) is 6.92 Å². The minimum Gasteiger partial charge on any atom is -0.497 e. The van der Waals surface area contributed by atoms with E-state index in [0.717, 1.165) is 29.7 Å². The first-order valence-electron chi connectivity index (χ1n) is 10.5. The average Bonchev–Trinajstić information content (AvgIpc) is 2.83. The maximum absolute atomic E-state index is 13.4. The second kappa shape index (κ2) is 8.67. The molecule has 3 aromatic rings. The molecule has 166 valence electrons. The summed E-state index contributed by atoms with van der Waals surface area (Å²) in [5, 5.41) is 0. The lowest BCUT2D eigenvalue weighted by atomic mass is 9.97. The molecule has 0 unspecified atom stereocenters. The van der Waals surface area contributed by atoms with Gasteiger partial charge in [-0.3, -0.25) is 9.10 Å². The predicted molar refractivity (Wildman–Crippen MR) is 126 cm³/mol. The molecule has 0 spiro atoms. The van der Waals surface area contributed by atoms with Crippen LogP contribution in [0.3, 0.4) is 0 Å². The summed E-state index contributed by atoms with van der Waals surface area (Å²) in [4.78, 5) is 15.3. The molecule has 0 radical (unpaired) electrons. The van der Waals surface area contributed by atoms with Crippen molar-refractivity contribution in [3.63, 3.8) is 0 Å². The highest BCUT2D eigenvalue weighted by Crippen LogP contribution is 2.32. The van der Waals surface area contributed by atoms with Crippen LogP contribution >= 0.6 is 0 Å². The van der Waals surface area contributed by atoms with E-state index in [0.29, 0.717) is 23.5 Å². The molecule has 0 atom stereocenters. The Balaban J connectivity index is 1.66. The van der Waals surface area contributed by atoms with Gasteiger partial charge in [-0.25, -0.2) is 8.42 Å². The third-order valence-corrected chi connectivity index (χ3v) is 7.62. The highest BCUT2D eigenvalue weighted by Gasteiger charge is 2.27. The lowest BCUT2D eigenvalue weighted by Gasteiger charge is -2.31. The number of carbonyl (C=O) groups excluding carboxylic acids is 1. The van der Waals surface area contributed by atoms with Gasteiger partial charge in [0, 0.05) is 19.2 Å². The Kier molecular flexibility index (Phi) is 5.93. The van der Waals surface area contributed by atoms with Crippen LogP contribution in [0.25, 0.3) is 0 Å². The Morgan fingerprint density at radius 3 is 2.47 bits per heavy atom. The van der Waals surface area contributed by atoms with Gasteiger partial charge in [0.1, 0.15) is 5.75 Å². The number of methoxy groups -OCH3 is 1. The minimum absolute atomic E-state index is 0.0729. The molecule has 0 saturated carbocycles. The molecule has 1 aliphatic heterocycles. The molecule has 1 amide bonds. The number of anilines is 2. The number of hydrogen-bond donors (Lipinski definition) is 0. The molecule has 0 aliphatic carbocycles. The maximum Gasteiger partial charge on any atom is 0.264 e. The molecule has 0 saturated heterocycles. The first kappa shape index (κ1) is 21.9. The number of nitrogens with zero attached hydrogens (tertiary/aromatic N) is 2. The maximum atomic E-state index is 13.4. The molecule has 1 heterocycles. The van der Waals surface area contributed by atoms with Crippen LogP contribution in [0.15, 0.2) is 71.6 Å². The van der Waals surface area contributed by atoms with Crippen molar-refractivity contribution in [3.8, 4) is 5.75 Å². The lowest BCUT2D eigenvalue weighted by molar-refractivity contribution is 0.0984. The van der Waals surface area contributed by atoms with Crippen molar-refractivity contribution in [1.82, 2.24) is 0 Å². The van der Waals surface area contributed by atoms with Gasteiger partial charge in [-0.05, 0) is 73.4 Å². The summed E-state index contributed by atoms with van der Waals surface area (Å²) in [6.45, 7) is 2.61. The molecule has 6 nitrogen and oxygen atoms in total. The first-order chi connectivity index (χ1) is 15.3. The van der Waals surface area contributed by atoms with Crippen molar-refractivity contribution >= 4 is 27.3 Å². The van der Waals surface area contributed by atoms with Crippen molar-refractivity contribution in [2.24, 2.45) is 0 Å². The van der Waals surface area contributed by atoms with Gasteiger partial charge in [0.15, 0.2) is 0 Å². The van der Waals surface area contributed by atoms with Crippen molar-refractivity contribution in [1.29, 1.82) is 0 Å². The van der Waals surface area contributed by atoms with E-state index >= 15 is 0 Å². The fourth-order valence-corrected chi connectivity index (χ4v) is 5.33. The zero-order chi connectivity index (χ0) is 22.9. The largest absolute Gasteiger partial charge is 0.497 e. The fraction of sp³-hybridized carbons (Fsp3) is 0.240. The zero-order valence-corrected chi connectivity index (χ0v) is 19.2. The molecule has 0 bridgehead atoms. The summed E-state index contributed by atoms with van der Waals surface area (Å²) in [6, 6.07) is 19.1. The van der Waals surface area contributed by atoms with Crippen LogP contribution in [0.2, 0.25) is 0 Å². The Bertz CT molecular complexity index is 1250. The van der Waals surface area contributed by atoms with Crippen LogP contribution in [-0.2, 0) is 16.4 Å². The second-order valence-corrected chi connectivity index (χ2v) is 9.81. The summed E-state index contributed by atoms with van der Waals surface area (Å²) >= 11 is 0. The monoisotopic (exact) mass is 450 g/mol. The van der Waals surface area contributed by atoms with Gasteiger partial charge in [-0.1, -0.05) is 24.3 Å². The number of para-hydroxylation sites is 1. The summed E-state index contributed by atoms with van der Waals surface area (Å²) in [5.41, 5.74) is 3.98. The van der Waals surface area contributed by atoms with Crippen LogP contribution in [-0.4, -0.2) is 35.0 Å². The summed E-state index contributed by atoms with van der Waals surface area (Å²) < 4.78 is 32.9. The average molecular weight is 451 g/mol. The standard InChI is InChI=1S/C25H26N2O4S/c1-18-7-4-8-19-10-6-16-27(24(18)19)25(28)20-9-5-11-23(17-20)32(29,30)26(2)21-12-14-22(31-3)15-13-21/h4-5,7-9,11-15,17H,6,10,16H2,1-3H3. The number of amides is 1. The molecule has 7 heteroatoms. The molecule has 0 N–H and O–H groups in total. The number of sulfonamides is 1. The van der Waals surface area contributed by atoms with Gasteiger partial charge in [0.05, 0.1) is 23.4 Å². The van der Waals surface area contributed by atoms with Crippen LogP contribution in [0.5, 0.6) is 5.75 Å². The van der Waals surface area contributed by atoms with E-state index < -0.39 is 10.0 Å². The third kappa shape index (κ3) is 3.96. The van der Waals surface area contributed by atoms with E-state index in [4.69, 9.17) is 4.74 Å². The third-order valence-electron chi connectivity index (χ3n) is 5.84. The number of fused-ring (bicyclic) bond motifs is 1. The number of hydrogen-bond acceptors (Lipinski definition) is 4. The van der Waals surface area contributed by atoms with Gasteiger partial charge >= 0.3 is 0 Å². The molecule has 4 rings (SSSR count). The Labute approximate surface area is 189 Å². The van der Waals surface area contributed by atoms with E-state index in [1.54, 1.807) is 48.4 Å². The quantitative estimate of drug-likeness (QED) is 0.577. The fourth-order valence-electron chi connectivity index (χ4n) is 4.08. The summed E-state index contributed by atoms with van der Waals surface area (Å²) in [7, 11) is -0.794. The Morgan fingerprint density at radius 2 is 1.75 bits per heavy atom. The van der Waals surface area contributed by atoms with E-state index in [1.807, 2.05) is 25.1 Å². The van der Waals surface area contributed by atoms with Crippen LogP contribution in [0.4, 0.5) is 11.4 Å². The zero-order valence-electron chi connectivity index (χ0n) is 18.4. The normalized spacial score (nSPS) is 13.4. The van der Waals surface area contributed by atoms with Crippen molar-refractivity contribution in [2.45, 2.75) is 24.7 Å². The van der Waals surface area contributed by atoms with Gasteiger partial charge in [-0.2, -0.15) is 0 Å². The number of benzene rings is 3. The van der Waals surface area contributed by atoms with Crippen molar-refractivity contribution in [2.75, 3.05) is 29.9 Å². The summed E-state index contributed by atoms with van der Waals surface area (Å²) in [5.74, 6) is 0.452. The number of rotatable bonds is 5. The lowest BCUT2D eigenvalue weighted by Crippen LogP contribution is -2.36. The van der Waals surface area contributed by atoms with Crippen molar-refractivity contribution in [3.05, 3.63) is 83.4 Å². The van der Waals surface area contributed by atoms with Gasteiger partial charge in [-0.15, -0.1) is 0 Å². The van der Waals surface area contributed by atoms with Gasteiger partial charge in [0.25, 0.3) is 15.9 Å². The molecule has 0 fully saturated rings. The SMILES string of the molecule is COc1ccc(N(C)S(=O)(=O)c2cccc(C(=O)N3CCCc4cccc(C)c43)c2)cc1.